The van der Waals surface area contributed by atoms with Gasteiger partial charge in [-0.1, -0.05) is 72.3 Å². The second-order valence-electron chi connectivity index (χ2n) is 5.59. The van der Waals surface area contributed by atoms with Gasteiger partial charge in [0, 0.05) is 11.1 Å². The maximum Gasteiger partial charge on any atom is 0.193 e. The highest BCUT2D eigenvalue weighted by Gasteiger charge is 2.12. The van der Waals surface area contributed by atoms with Crippen molar-refractivity contribution in [1.82, 2.24) is 0 Å². The molecule has 0 atom stereocenters. The third kappa shape index (κ3) is 2.84. The Hall–Kier alpha value is -2.67. The predicted octanol–water partition coefficient (Wildman–Crippen LogP) is 5.20. The van der Waals surface area contributed by atoms with Crippen LogP contribution in [0.1, 0.15) is 27.0 Å². The number of benzene rings is 3. The van der Waals surface area contributed by atoms with Crippen LogP contribution in [0, 0.1) is 13.8 Å². The molecule has 3 rings (SSSR count). The van der Waals surface area contributed by atoms with Crippen LogP contribution < -0.4 is 0 Å². The average Bonchev–Trinajstić information content (AvgIpc) is 2.56. The van der Waals surface area contributed by atoms with Crippen molar-refractivity contribution in [2.75, 3.05) is 0 Å². The highest BCUT2D eigenvalue weighted by Crippen LogP contribution is 2.24. The number of rotatable bonds is 3. The zero-order valence-corrected chi connectivity index (χ0v) is 12.8. The van der Waals surface area contributed by atoms with E-state index >= 15 is 0 Å². The first kappa shape index (κ1) is 14.3. The predicted molar refractivity (Wildman–Crippen MR) is 91.2 cm³/mol. The fourth-order valence-electron chi connectivity index (χ4n) is 2.54. The molecule has 0 N–H and O–H groups in total. The van der Waals surface area contributed by atoms with Crippen molar-refractivity contribution in [2.45, 2.75) is 13.8 Å². The summed E-state index contributed by atoms with van der Waals surface area (Å²) >= 11 is 0. The third-order valence-corrected chi connectivity index (χ3v) is 3.90. The Morgan fingerprint density at radius 2 is 1.41 bits per heavy atom. The van der Waals surface area contributed by atoms with Gasteiger partial charge in [0.25, 0.3) is 0 Å². The van der Waals surface area contributed by atoms with Crippen LogP contribution in [0.3, 0.4) is 0 Å². The fraction of sp³-hybridized carbons (Fsp3) is 0.0952. The number of hydrogen-bond donors (Lipinski definition) is 0. The van der Waals surface area contributed by atoms with Crippen LogP contribution in [-0.4, -0.2) is 5.78 Å². The number of hydrogen-bond acceptors (Lipinski definition) is 1. The van der Waals surface area contributed by atoms with Crippen molar-refractivity contribution in [2.24, 2.45) is 0 Å². The summed E-state index contributed by atoms with van der Waals surface area (Å²) < 4.78 is 0. The zero-order valence-electron chi connectivity index (χ0n) is 12.8. The molecule has 0 unspecified atom stereocenters. The van der Waals surface area contributed by atoms with Crippen LogP contribution in [0.4, 0.5) is 0 Å². The Morgan fingerprint density at radius 1 is 0.727 bits per heavy atom. The molecule has 0 saturated heterocycles. The third-order valence-electron chi connectivity index (χ3n) is 3.90. The minimum atomic E-state index is 0.0790. The molecular weight excluding hydrogens is 268 g/mol. The minimum Gasteiger partial charge on any atom is -0.289 e. The highest BCUT2D eigenvalue weighted by atomic mass is 16.1. The molecule has 0 spiro atoms. The second kappa shape index (κ2) is 5.98. The molecule has 3 aromatic rings. The maximum atomic E-state index is 12.8. The van der Waals surface area contributed by atoms with Gasteiger partial charge in [-0.15, -0.1) is 0 Å². The first-order valence-corrected chi connectivity index (χ1v) is 7.42. The maximum absolute atomic E-state index is 12.8. The smallest absolute Gasteiger partial charge is 0.193 e. The number of ketones is 1. The molecule has 0 fully saturated rings. The van der Waals surface area contributed by atoms with Crippen molar-refractivity contribution >= 4 is 5.78 Å². The lowest BCUT2D eigenvalue weighted by molar-refractivity contribution is 0.103. The summed E-state index contributed by atoms with van der Waals surface area (Å²) in [7, 11) is 0. The molecule has 22 heavy (non-hydrogen) atoms. The van der Waals surface area contributed by atoms with E-state index in [2.05, 4.69) is 18.2 Å². The van der Waals surface area contributed by atoms with E-state index in [0.717, 1.165) is 33.4 Å². The van der Waals surface area contributed by atoms with Gasteiger partial charge in [-0.25, -0.2) is 0 Å². The van der Waals surface area contributed by atoms with Gasteiger partial charge in [0.2, 0.25) is 0 Å². The molecule has 108 valence electrons. The number of aryl methyl sites for hydroxylation is 2. The van der Waals surface area contributed by atoms with E-state index < -0.39 is 0 Å². The van der Waals surface area contributed by atoms with E-state index in [-0.39, 0.29) is 5.78 Å². The van der Waals surface area contributed by atoms with Crippen molar-refractivity contribution in [3.8, 4) is 11.1 Å². The van der Waals surface area contributed by atoms with E-state index in [1.54, 1.807) is 0 Å². The van der Waals surface area contributed by atoms with E-state index in [9.17, 15) is 4.79 Å². The topological polar surface area (TPSA) is 17.1 Å². The summed E-state index contributed by atoms with van der Waals surface area (Å²) in [5.41, 5.74) is 5.86. The quantitative estimate of drug-likeness (QED) is 0.605. The van der Waals surface area contributed by atoms with Crippen molar-refractivity contribution < 1.29 is 4.79 Å². The van der Waals surface area contributed by atoms with Crippen LogP contribution in [0.25, 0.3) is 11.1 Å². The summed E-state index contributed by atoms with van der Waals surface area (Å²) in [5, 5.41) is 0. The van der Waals surface area contributed by atoms with Crippen molar-refractivity contribution in [3.63, 3.8) is 0 Å². The molecular formula is C21H18O. The molecule has 0 radical (unpaired) electrons. The van der Waals surface area contributed by atoms with E-state index in [0.29, 0.717) is 0 Å². The van der Waals surface area contributed by atoms with E-state index in [1.807, 2.05) is 68.4 Å². The Labute approximate surface area is 131 Å². The summed E-state index contributed by atoms with van der Waals surface area (Å²) in [6.45, 7) is 4.01. The summed E-state index contributed by atoms with van der Waals surface area (Å²) in [4.78, 5) is 12.8. The molecule has 0 aliphatic rings. The zero-order chi connectivity index (χ0) is 15.5. The Bertz CT molecular complexity index is 799. The summed E-state index contributed by atoms with van der Waals surface area (Å²) in [6, 6.07) is 24.0. The van der Waals surface area contributed by atoms with Crippen molar-refractivity contribution in [3.05, 3.63) is 95.1 Å². The van der Waals surface area contributed by atoms with Gasteiger partial charge in [0.15, 0.2) is 5.78 Å². The lowest BCUT2D eigenvalue weighted by atomic mass is 9.94. The molecule has 0 saturated carbocycles. The van der Waals surface area contributed by atoms with Crippen LogP contribution in [-0.2, 0) is 0 Å². The molecule has 1 nitrogen and oxygen atoms in total. The molecule has 0 bridgehead atoms. The van der Waals surface area contributed by atoms with Gasteiger partial charge in [-0.3, -0.25) is 4.79 Å². The van der Waals surface area contributed by atoms with Crippen LogP contribution >= 0.6 is 0 Å². The number of carbonyl (C=O) groups is 1. The monoisotopic (exact) mass is 286 g/mol. The standard InChI is InChI=1S/C21H18O/c1-15-8-11-18(12-9-15)21(22)20-14-19(13-10-16(20)2)17-6-4-3-5-7-17/h3-14H,1-2H3. The molecule has 0 amide bonds. The molecule has 0 aliphatic carbocycles. The molecule has 1 heteroatoms. The summed E-state index contributed by atoms with van der Waals surface area (Å²) in [5.74, 6) is 0.0790. The average molecular weight is 286 g/mol. The Morgan fingerprint density at radius 3 is 2.09 bits per heavy atom. The molecule has 3 aromatic carbocycles. The largest absolute Gasteiger partial charge is 0.289 e. The minimum absolute atomic E-state index is 0.0790. The van der Waals surface area contributed by atoms with Gasteiger partial charge >= 0.3 is 0 Å². The SMILES string of the molecule is Cc1ccc(C(=O)c2cc(-c3ccccc3)ccc2C)cc1. The van der Waals surface area contributed by atoms with Gasteiger partial charge < -0.3 is 0 Å². The van der Waals surface area contributed by atoms with Gasteiger partial charge in [-0.2, -0.15) is 0 Å². The van der Waals surface area contributed by atoms with E-state index in [4.69, 9.17) is 0 Å². The second-order valence-corrected chi connectivity index (χ2v) is 5.59. The lowest BCUT2D eigenvalue weighted by Crippen LogP contribution is -2.04. The van der Waals surface area contributed by atoms with Crippen LogP contribution in [0.2, 0.25) is 0 Å². The summed E-state index contributed by atoms with van der Waals surface area (Å²) in [6.07, 6.45) is 0. The molecule has 0 aromatic heterocycles. The van der Waals surface area contributed by atoms with Crippen LogP contribution in [0.15, 0.2) is 72.8 Å². The normalized spacial score (nSPS) is 10.5. The molecule has 0 heterocycles. The molecule has 0 aliphatic heterocycles. The lowest BCUT2D eigenvalue weighted by Gasteiger charge is -2.09. The first-order valence-electron chi connectivity index (χ1n) is 7.42. The fourth-order valence-corrected chi connectivity index (χ4v) is 2.54. The Kier molecular flexibility index (Phi) is 3.88. The van der Waals surface area contributed by atoms with E-state index in [1.165, 1.54) is 0 Å². The van der Waals surface area contributed by atoms with Gasteiger partial charge in [0.1, 0.15) is 0 Å². The van der Waals surface area contributed by atoms with Crippen LogP contribution in [0.5, 0.6) is 0 Å². The van der Waals surface area contributed by atoms with Gasteiger partial charge in [0.05, 0.1) is 0 Å². The van der Waals surface area contributed by atoms with Crippen molar-refractivity contribution in [1.29, 1.82) is 0 Å². The highest BCUT2D eigenvalue weighted by molar-refractivity contribution is 6.10. The number of carbonyl (C=O) groups excluding carboxylic acids is 1. The van der Waals surface area contributed by atoms with Gasteiger partial charge in [-0.05, 0) is 36.6 Å². The first-order chi connectivity index (χ1) is 10.6. The Balaban J connectivity index is 2.03.